The first kappa shape index (κ1) is 10.4. The van der Waals surface area contributed by atoms with Crippen LogP contribution in [0.25, 0.3) is 0 Å². The van der Waals surface area contributed by atoms with Gasteiger partial charge in [-0.15, -0.1) is 0 Å². The molecule has 1 saturated carbocycles. The van der Waals surface area contributed by atoms with E-state index in [1.807, 2.05) is 12.1 Å². The van der Waals surface area contributed by atoms with Gasteiger partial charge in [-0.3, -0.25) is 4.98 Å². The molecule has 0 unspecified atom stereocenters. The lowest BCUT2D eigenvalue weighted by Gasteiger charge is -2.24. The quantitative estimate of drug-likeness (QED) is 0.800. The summed E-state index contributed by atoms with van der Waals surface area (Å²) in [6, 6.07) is 4.75. The van der Waals surface area contributed by atoms with Gasteiger partial charge >= 0.3 is 0 Å². The first-order valence-corrected chi connectivity index (χ1v) is 5.67. The minimum Gasteiger partial charge on any atom is -0.390 e. The van der Waals surface area contributed by atoms with Gasteiger partial charge in [0.25, 0.3) is 0 Å². The van der Waals surface area contributed by atoms with Crippen LogP contribution in [-0.2, 0) is 6.61 Å². The molecule has 1 aromatic rings. The fourth-order valence-electron chi connectivity index (χ4n) is 1.88. The van der Waals surface area contributed by atoms with Crippen LogP contribution in [0.1, 0.15) is 31.9 Å². The Kier molecular flexibility index (Phi) is 3.21. The molecule has 0 aromatic carbocycles. The molecule has 0 aliphatic heterocycles. The number of aliphatic hydroxyl groups excluding tert-OH is 1. The summed E-state index contributed by atoms with van der Waals surface area (Å²) >= 11 is 0. The first-order chi connectivity index (χ1) is 7.35. The zero-order valence-electron chi connectivity index (χ0n) is 9.19. The van der Waals surface area contributed by atoms with Crippen molar-refractivity contribution in [3.05, 3.63) is 24.0 Å². The van der Waals surface area contributed by atoms with Crippen molar-refractivity contribution in [3.8, 4) is 0 Å². The third kappa shape index (κ3) is 2.48. The van der Waals surface area contributed by atoms with Gasteiger partial charge in [-0.1, -0.05) is 6.92 Å². The van der Waals surface area contributed by atoms with E-state index >= 15 is 0 Å². The largest absolute Gasteiger partial charge is 0.390 e. The van der Waals surface area contributed by atoms with Gasteiger partial charge in [0, 0.05) is 24.5 Å². The smallest absolute Gasteiger partial charge is 0.0853 e. The Labute approximate surface area is 90.8 Å². The highest BCUT2D eigenvalue weighted by molar-refractivity contribution is 5.48. The number of aliphatic hydroxyl groups is 1. The van der Waals surface area contributed by atoms with Crippen LogP contribution in [-0.4, -0.2) is 22.7 Å². The molecule has 2 rings (SSSR count). The van der Waals surface area contributed by atoms with Gasteiger partial charge in [-0.25, -0.2) is 0 Å². The van der Waals surface area contributed by atoms with Crippen LogP contribution < -0.4 is 4.90 Å². The van der Waals surface area contributed by atoms with Gasteiger partial charge in [0.05, 0.1) is 12.3 Å². The second kappa shape index (κ2) is 4.62. The summed E-state index contributed by atoms with van der Waals surface area (Å²) in [5.74, 6) is 0. The van der Waals surface area contributed by atoms with Crippen LogP contribution in [0.4, 0.5) is 5.69 Å². The Hall–Kier alpha value is -1.09. The topological polar surface area (TPSA) is 36.4 Å². The van der Waals surface area contributed by atoms with E-state index in [1.165, 1.54) is 18.5 Å². The Balaban J connectivity index is 2.16. The average Bonchev–Trinajstić information content (AvgIpc) is 3.10. The van der Waals surface area contributed by atoms with E-state index in [-0.39, 0.29) is 6.61 Å². The van der Waals surface area contributed by atoms with E-state index in [0.29, 0.717) is 0 Å². The highest BCUT2D eigenvalue weighted by atomic mass is 16.3. The monoisotopic (exact) mass is 206 g/mol. The number of rotatable bonds is 5. The Bertz CT molecular complexity index is 323. The normalized spacial score (nSPS) is 15.3. The fourth-order valence-corrected chi connectivity index (χ4v) is 1.88. The first-order valence-electron chi connectivity index (χ1n) is 5.67. The van der Waals surface area contributed by atoms with E-state index in [1.54, 1.807) is 6.20 Å². The SMILES string of the molecule is CCCN(c1ccnc(CO)c1)C1CC1. The third-order valence-corrected chi connectivity index (χ3v) is 2.75. The van der Waals surface area contributed by atoms with Gasteiger partial charge in [0.1, 0.15) is 0 Å². The summed E-state index contributed by atoms with van der Waals surface area (Å²) in [6.45, 7) is 3.32. The molecule has 1 heterocycles. The Morgan fingerprint density at radius 3 is 2.93 bits per heavy atom. The lowest BCUT2D eigenvalue weighted by atomic mass is 10.2. The van der Waals surface area contributed by atoms with Crippen LogP contribution >= 0.6 is 0 Å². The van der Waals surface area contributed by atoms with Crippen molar-refractivity contribution in [2.45, 2.75) is 38.8 Å². The van der Waals surface area contributed by atoms with Crippen molar-refractivity contribution < 1.29 is 5.11 Å². The lowest BCUT2D eigenvalue weighted by Crippen LogP contribution is -2.26. The molecule has 15 heavy (non-hydrogen) atoms. The minimum atomic E-state index is 0.0263. The molecular weight excluding hydrogens is 188 g/mol. The second-order valence-corrected chi connectivity index (χ2v) is 4.09. The van der Waals surface area contributed by atoms with E-state index in [0.717, 1.165) is 24.7 Å². The van der Waals surface area contributed by atoms with Crippen molar-refractivity contribution in [2.24, 2.45) is 0 Å². The number of aromatic nitrogens is 1. The van der Waals surface area contributed by atoms with Crippen LogP contribution in [0.2, 0.25) is 0 Å². The second-order valence-electron chi connectivity index (χ2n) is 4.09. The number of nitrogens with zero attached hydrogens (tertiary/aromatic N) is 2. The van der Waals surface area contributed by atoms with Crippen molar-refractivity contribution in [1.29, 1.82) is 0 Å². The molecule has 0 atom stereocenters. The van der Waals surface area contributed by atoms with Gasteiger partial charge in [0.15, 0.2) is 0 Å². The molecule has 1 aliphatic carbocycles. The predicted octanol–water partition coefficient (Wildman–Crippen LogP) is 1.95. The van der Waals surface area contributed by atoms with Crippen LogP contribution in [0, 0.1) is 0 Å². The molecule has 0 radical (unpaired) electrons. The van der Waals surface area contributed by atoms with Gasteiger partial charge in [-0.2, -0.15) is 0 Å². The molecule has 0 spiro atoms. The molecular formula is C12H18N2O. The summed E-state index contributed by atoms with van der Waals surface area (Å²) < 4.78 is 0. The number of anilines is 1. The maximum absolute atomic E-state index is 9.05. The Morgan fingerprint density at radius 1 is 1.53 bits per heavy atom. The molecule has 0 amide bonds. The molecule has 0 saturated heterocycles. The highest BCUT2D eigenvalue weighted by Crippen LogP contribution is 2.31. The molecule has 82 valence electrons. The van der Waals surface area contributed by atoms with Gasteiger partial charge < -0.3 is 10.0 Å². The van der Waals surface area contributed by atoms with Crippen LogP contribution in [0.15, 0.2) is 18.3 Å². The maximum atomic E-state index is 9.05. The van der Waals surface area contributed by atoms with Crippen molar-refractivity contribution in [1.82, 2.24) is 4.98 Å². The minimum absolute atomic E-state index is 0.0263. The number of hydrogen-bond donors (Lipinski definition) is 1. The summed E-state index contributed by atoms with van der Waals surface area (Å²) in [7, 11) is 0. The predicted molar refractivity (Wildman–Crippen MR) is 60.8 cm³/mol. The molecule has 1 aliphatic rings. The molecule has 1 fully saturated rings. The maximum Gasteiger partial charge on any atom is 0.0853 e. The zero-order valence-corrected chi connectivity index (χ0v) is 9.19. The van der Waals surface area contributed by atoms with E-state index < -0.39 is 0 Å². The molecule has 0 bridgehead atoms. The summed E-state index contributed by atoms with van der Waals surface area (Å²) in [4.78, 5) is 6.53. The third-order valence-electron chi connectivity index (χ3n) is 2.75. The van der Waals surface area contributed by atoms with Crippen molar-refractivity contribution in [3.63, 3.8) is 0 Å². The summed E-state index contributed by atoms with van der Waals surface area (Å²) in [5.41, 5.74) is 1.97. The van der Waals surface area contributed by atoms with Gasteiger partial charge in [0.2, 0.25) is 0 Å². The van der Waals surface area contributed by atoms with E-state index in [2.05, 4.69) is 16.8 Å². The average molecular weight is 206 g/mol. The lowest BCUT2D eigenvalue weighted by molar-refractivity contribution is 0.277. The summed E-state index contributed by atoms with van der Waals surface area (Å²) in [6.07, 6.45) is 5.55. The van der Waals surface area contributed by atoms with Crippen molar-refractivity contribution >= 4 is 5.69 Å². The highest BCUT2D eigenvalue weighted by Gasteiger charge is 2.28. The molecule has 1 aromatic heterocycles. The molecule has 3 heteroatoms. The Morgan fingerprint density at radius 2 is 2.33 bits per heavy atom. The standard InChI is InChI=1S/C12H18N2O/c1-2-7-14(11-3-4-11)12-5-6-13-10(8-12)9-15/h5-6,8,11,15H,2-4,7,9H2,1H3. The van der Waals surface area contributed by atoms with Crippen LogP contribution in [0.5, 0.6) is 0 Å². The molecule has 3 nitrogen and oxygen atoms in total. The number of hydrogen-bond acceptors (Lipinski definition) is 3. The summed E-state index contributed by atoms with van der Waals surface area (Å²) in [5, 5.41) is 9.05. The number of pyridine rings is 1. The zero-order chi connectivity index (χ0) is 10.7. The van der Waals surface area contributed by atoms with Crippen LogP contribution in [0.3, 0.4) is 0 Å². The fraction of sp³-hybridized carbons (Fsp3) is 0.583. The van der Waals surface area contributed by atoms with Crippen molar-refractivity contribution in [2.75, 3.05) is 11.4 Å². The van der Waals surface area contributed by atoms with E-state index in [4.69, 9.17) is 5.11 Å². The molecule has 1 N–H and O–H groups in total. The van der Waals surface area contributed by atoms with E-state index in [9.17, 15) is 0 Å². The van der Waals surface area contributed by atoms with Gasteiger partial charge in [-0.05, 0) is 31.4 Å².